The van der Waals surface area contributed by atoms with Gasteiger partial charge < -0.3 is 9.84 Å². The molecular formula is C16H20N4O2. The van der Waals surface area contributed by atoms with E-state index in [-0.39, 0.29) is 11.9 Å². The number of fused-ring (bicyclic) bond motifs is 1. The van der Waals surface area contributed by atoms with Crippen LogP contribution in [0.3, 0.4) is 0 Å². The van der Waals surface area contributed by atoms with E-state index in [9.17, 15) is 4.79 Å². The highest BCUT2D eigenvalue weighted by Crippen LogP contribution is 2.24. The predicted octanol–water partition coefficient (Wildman–Crippen LogP) is 1.30. The molecule has 0 spiro atoms. The third-order valence-corrected chi connectivity index (χ3v) is 4.06. The third-order valence-electron chi connectivity index (χ3n) is 4.06. The third kappa shape index (κ3) is 2.87. The summed E-state index contributed by atoms with van der Waals surface area (Å²) in [6, 6.07) is 8.02. The van der Waals surface area contributed by atoms with Gasteiger partial charge in [0.1, 0.15) is 0 Å². The van der Waals surface area contributed by atoms with E-state index in [1.807, 2.05) is 19.1 Å². The Labute approximate surface area is 129 Å². The molecule has 22 heavy (non-hydrogen) atoms. The molecule has 6 nitrogen and oxygen atoms in total. The second-order valence-electron chi connectivity index (χ2n) is 5.47. The number of rotatable bonds is 4. The van der Waals surface area contributed by atoms with Crippen molar-refractivity contribution < 1.29 is 9.32 Å². The van der Waals surface area contributed by atoms with Crippen LogP contribution in [0.2, 0.25) is 0 Å². The second-order valence-corrected chi connectivity index (χ2v) is 5.47. The first-order valence-corrected chi connectivity index (χ1v) is 7.55. The van der Waals surface area contributed by atoms with Gasteiger partial charge in [-0.15, -0.1) is 0 Å². The van der Waals surface area contributed by atoms with Crippen molar-refractivity contribution in [3.63, 3.8) is 0 Å². The summed E-state index contributed by atoms with van der Waals surface area (Å²) in [7, 11) is 1.67. The van der Waals surface area contributed by atoms with Crippen LogP contribution in [-0.4, -0.2) is 34.0 Å². The number of benzene rings is 1. The number of hydrogen-bond donors (Lipinski definition) is 1. The van der Waals surface area contributed by atoms with Crippen LogP contribution in [0.25, 0.3) is 0 Å². The lowest BCUT2D eigenvalue weighted by molar-refractivity contribution is -0.126. The maximum absolute atomic E-state index is 12.2. The molecule has 0 bridgehead atoms. The van der Waals surface area contributed by atoms with Gasteiger partial charge in [0.25, 0.3) is 0 Å². The Balaban J connectivity index is 1.84. The topological polar surface area (TPSA) is 71.3 Å². The molecule has 0 radical (unpaired) electrons. The van der Waals surface area contributed by atoms with Crippen molar-refractivity contribution in [2.24, 2.45) is 0 Å². The molecule has 1 aliphatic heterocycles. The fourth-order valence-corrected chi connectivity index (χ4v) is 2.84. The monoisotopic (exact) mass is 300 g/mol. The first-order chi connectivity index (χ1) is 10.7. The van der Waals surface area contributed by atoms with E-state index >= 15 is 0 Å². The Morgan fingerprint density at radius 1 is 1.41 bits per heavy atom. The fourth-order valence-electron chi connectivity index (χ4n) is 2.84. The largest absolute Gasteiger partial charge is 0.358 e. The average molecular weight is 300 g/mol. The minimum Gasteiger partial charge on any atom is -0.358 e. The number of aryl methyl sites for hydroxylation is 1. The Morgan fingerprint density at radius 2 is 2.18 bits per heavy atom. The second kappa shape index (κ2) is 6.27. The quantitative estimate of drug-likeness (QED) is 0.921. The van der Waals surface area contributed by atoms with Gasteiger partial charge in [0, 0.05) is 20.0 Å². The van der Waals surface area contributed by atoms with Gasteiger partial charge in [-0.25, -0.2) is 0 Å². The molecule has 1 atom stereocenters. The normalized spacial score (nSPS) is 18.0. The highest BCUT2D eigenvalue weighted by atomic mass is 16.5. The summed E-state index contributed by atoms with van der Waals surface area (Å²) in [5, 5.41) is 6.67. The lowest BCUT2D eigenvalue weighted by Gasteiger charge is -2.34. The van der Waals surface area contributed by atoms with Crippen molar-refractivity contribution in [2.45, 2.75) is 38.9 Å². The van der Waals surface area contributed by atoms with Gasteiger partial charge in [0.15, 0.2) is 5.82 Å². The molecule has 2 aromatic rings. The van der Waals surface area contributed by atoms with Crippen molar-refractivity contribution in [2.75, 3.05) is 7.05 Å². The van der Waals surface area contributed by atoms with Gasteiger partial charge in [-0.1, -0.05) is 36.3 Å². The SMILES string of the molecule is CCc1noc(CN2Cc3ccccc3C[C@H]2C(=O)NC)n1. The molecule has 0 aliphatic carbocycles. The van der Waals surface area contributed by atoms with Crippen LogP contribution in [0, 0.1) is 0 Å². The summed E-state index contributed by atoms with van der Waals surface area (Å²) in [4.78, 5) is 18.7. The minimum atomic E-state index is -0.211. The molecule has 6 heteroatoms. The maximum atomic E-state index is 12.2. The molecule has 1 amide bonds. The zero-order valence-electron chi connectivity index (χ0n) is 12.9. The van der Waals surface area contributed by atoms with E-state index in [1.165, 1.54) is 11.1 Å². The van der Waals surface area contributed by atoms with Gasteiger partial charge in [0.05, 0.1) is 12.6 Å². The molecule has 116 valence electrons. The molecule has 0 saturated carbocycles. The number of aromatic nitrogens is 2. The van der Waals surface area contributed by atoms with Crippen LogP contribution in [0.15, 0.2) is 28.8 Å². The van der Waals surface area contributed by atoms with E-state index in [1.54, 1.807) is 7.05 Å². The van der Waals surface area contributed by atoms with Crippen LogP contribution in [0.4, 0.5) is 0 Å². The Kier molecular flexibility index (Phi) is 4.20. The van der Waals surface area contributed by atoms with E-state index in [4.69, 9.17) is 4.52 Å². The number of carbonyl (C=O) groups excluding carboxylic acids is 1. The number of amides is 1. The number of likely N-dealkylation sites (N-methyl/N-ethyl adjacent to an activating group) is 1. The zero-order valence-corrected chi connectivity index (χ0v) is 12.9. The van der Waals surface area contributed by atoms with E-state index in [0.717, 1.165) is 6.42 Å². The van der Waals surface area contributed by atoms with Crippen molar-refractivity contribution in [1.82, 2.24) is 20.4 Å². The van der Waals surface area contributed by atoms with E-state index in [2.05, 4.69) is 32.5 Å². The van der Waals surface area contributed by atoms with Crippen molar-refractivity contribution in [3.8, 4) is 0 Å². The fraction of sp³-hybridized carbons (Fsp3) is 0.438. The summed E-state index contributed by atoms with van der Waals surface area (Å²) in [6.07, 6.45) is 1.44. The zero-order chi connectivity index (χ0) is 15.5. The molecule has 0 saturated heterocycles. The first-order valence-electron chi connectivity index (χ1n) is 7.55. The van der Waals surface area contributed by atoms with Gasteiger partial charge in [-0.2, -0.15) is 4.98 Å². The highest BCUT2D eigenvalue weighted by Gasteiger charge is 2.31. The molecule has 0 fully saturated rings. The van der Waals surface area contributed by atoms with Crippen LogP contribution >= 0.6 is 0 Å². The molecule has 0 unspecified atom stereocenters. The van der Waals surface area contributed by atoms with E-state index < -0.39 is 0 Å². The Morgan fingerprint density at radius 3 is 2.86 bits per heavy atom. The van der Waals surface area contributed by atoms with Crippen LogP contribution in [-0.2, 0) is 30.7 Å². The number of nitrogens with one attached hydrogen (secondary N) is 1. The van der Waals surface area contributed by atoms with Crippen molar-refractivity contribution >= 4 is 5.91 Å². The Hall–Kier alpha value is -2.21. The summed E-state index contributed by atoms with van der Waals surface area (Å²) < 4.78 is 5.27. The number of carbonyl (C=O) groups is 1. The summed E-state index contributed by atoms with van der Waals surface area (Å²) in [5.41, 5.74) is 2.48. The highest BCUT2D eigenvalue weighted by molar-refractivity contribution is 5.82. The van der Waals surface area contributed by atoms with Crippen molar-refractivity contribution in [1.29, 1.82) is 0 Å². The molecule has 1 aromatic carbocycles. The summed E-state index contributed by atoms with van der Waals surface area (Å²) >= 11 is 0. The van der Waals surface area contributed by atoms with Crippen LogP contribution in [0.1, 0.15) is 29.8 Å². The smallest absolute Gasteiger partial charge is 0.240 e. The summed E-state index contributed by atoms with van der Waals surface area (Å²) in [5.74, 6) is 1.28. The summed E-state index contributed by atoms with van der Waals surface area (Å²) in [6.45, 7) is 3.18. The average Bonchev–Trinajstić information content (AvgIpc) is 3.01. The molecule has 2 heterocycles. The number of nitrogens with zero attached hydrogens (tertiary/aromatic N) is 3. The molecular weight excluding hydrogens is 280 g/mol. The molecule has 1 aliphatic rings. The van der Waals surface area contributed by atoms with Crippen LogP contribution < -0.4 is 5.32 Å². The predicted molar refractivity (Wildman–Crippen MR) is 80.9 cm³/mol. The first kappa shape index (κ1) is 14.7. The lowest BCUT2D eigenvalue weighted by atomic mass is 9.93. The minimum absolute atomic E-state index is 0.0183. The standard InChI is InChI=1S/C16H20N4O2/c1-3-14-18-15(22-19-14)10-20-9-12-7-5-4-6-11(12)8-13(20)16(21)17-2/h4-7,13H,3,8-10H2,1-2H3,(H,17,21)/t13-/m0/s1. The maximum Gasteiger partial charge on any atom is 0.240 e. The van der Waals surface area contributed by atoms with Gasteiger partial charge in [0.2, 0.25) is 11.8 Å². The Bertz CT molecular complexity index is 668. The molecule has 1 aromatic heterocycles. The van der Waals surface area contributed by atoms with Crippen molar-refractivity contribution in [3.05, 3.63) is 47.1 Å². The van der Waals surface area contributed by atoms with E-state index in [0.29, 0.717) is 31.2 Å². The van der Waals surface area contributed by atoms with Crippen LogP contribution in [0.5, 0.6) is 0 Å². The van der Waals surface area contributed by atoms with Gasteiger partial charge >= 0.3 is 0 Å². The number of hydrogen-bond acceptors (Lipinski definition) is 5. The van der Waals surface area contributed by atoms with Gasteiger partial charge in [-0.3, -0.25) is 9.69 Å². The van der Waals surface area contributed by atoms with Gasteiger partial charge in [-0.05, 0) is 17.5 Å². The molecule has 1 N–H and O–H groups in total. The lowest BCUT2D eigenvalue weighted by Crippen LogP contribution is -2.49. The molecule has 3 rings (SSSR count).